The minimum atomic E-state index is -1.40. The molecule has 0 aliphatic heterocycles. The van der Waals surface area contributed by atoms with Crippen LogP contribution in [0.1, 0.15) is 12.5 Å². The number of hydrogen-bond acceptors (Lipinski definition) is 2. The zero-order valence-electron chi connectivity index (χ0n) is 8.29. The minimum Gasteiger partial charge on any atom is -0.497 e. The van der Waals surface area contributed by atoms with Crippen molar-refractivity contribution in [1.29, 1.82) is 0 Å². The van der Waals surface area contributed by atoms with E-state index in [0.29, 0.717) is 0 Å². The Hall–Kier alpha value is -1.38. The number of carbonyl (C=O) groups excluding carboxylic acids is 1. The monoisotopic (exact) mass is 196 g/mol. The summed E-state index contributed by atoms with van der Waals surface area (Å²) in [7, 11) is 1.57. The molecule has 2 nitrogen and oxygen atoms in total. The summed E-state index contributed by atoms with van der Waals surface area (Å²) >= 11 is 0. The van der Waals surface area contributed by atoms with Gasteiger partial charge in [-0.25, -0.2) is 4.39 Å². The van der Waals surface area contributed by atoms with E-state index in [1.165, 1.54) is 6.92 Å². The highest BCUT2D eigenvalue weighted by molar-refractivity contribution is 5.80. The average Bonchev–Trinajstić information content (AvgIpc) is 2.19. The van der Waals surface area contributed by atoms with Crippen molar-refractivity contribution in [3.63, 3.8) is 0 Å². The van der Waals surface area contributed by atoms with Gasteiger partial charge in [-0.1, -0.05) is 12.1 Å². The van der Waals surface area contributed by atoms with E-state index in [9.17, 15) is 9.18 Å². The molecule has 1 rings (SSSR count). The van der Waals surface area contributed by atoms with Crippen molar-refractivity contribution in [3.05, 3.63) is 29.8 Å². The molecule has 3 heteroatoms. The maximum absolute atomic E-state index is 13.0. The standard InChI is InChI=1S/C11H13FO2/c1-8(13)11(12)7-9-3-5-10(14-2)6-4-9/h3-6,11H,7H2,1-2H3. The Morgan fingerprint density at radius 3 is 2.43 bits per heavy atom. The third-order valence-electron chi connectivity index (χ3n) is 2.02. The molecule has 1 aromatic carbocycles. The molecule has 0 radical (unpaired) electrons. The van der Waals surface area contributed by atoms with E-state index in [2.05, 4.69) is 0 Å². The summed E-state index contributed by atoms with van der Waals surface area (Å²) in [4.78, 5) is 10.7. The Bertz CT molecular complexity index is 306. The van der Waals surface area contributed by atoms with Crippen LogP contribution in [0.2, 0.25) is 0 Å². The van der Waals surface area contributed by atoms with Crippen molar-refractivity contribution >= 4 is 5.78 Å². The molecule has 0 amide bonds. The van der Waals surface area contributed by atoms with E-state index in [0.717, 1.165) is 11.3 Å². The van der Waals surface area contributed by atoms with Gasteiger partial charge in [-0.3, -0.25) is 4.79 Å². The molecule has 1 atom stereocenters. The molecule has 0 aliphatic carbocycles. The highest BCUT2D eigenvalue weighted by atomic mass is 19.1. The van der Waals surface area contributed by atoms with Gasteiger partial charge in [0.25, 0.3) is 0 Å². The summed E-state index contributed by atoms with van der Waals surface area (Å²) in [6.45, 7) is 1.26. The van der Waals surface area contributed by atoms with E-state index >= 15 is 0 Å². The molecule has 76 valence electrons. The van der Waals surface area contributed by atoms with Crippen LogP contribution in [0.3, 0.4) is 0 Å². The van der Waals surface area contributed by atoms with Gasteiger partial charge in [0, 0.05) is 6.42 Å². The van der Waals surface area contributed by atoms with Crippen LogP contribution in [0.25, 0.3) is 0 Å². The number of rotatable bonds is 4. The van der Waals surface area contributed by atoms with Crippen LogP contribution in [0, 0.1) is 0 Å². The van der Waals surface area contributed by atoms with Gasteiger partial charge in [0.2, 0.25) is 0 Å². The summed E-state index contributed by atoms with van der Waals surface area (Å²) < 4.78 is 18.0. The normalized spacial score (nSPS) is 12.2. The topological polar surface area (TPSA) is 26.3 Å². The number of benzene rings is 1. The van der Waals surface area contributed by atoms with Gasteiger partial charge in [0.15, 0.2) is 12.0 Å². The number of hydrogen-bond donors (Lipinski definition) is 0. The number of ketones is 1. The molecule has 0 saturated heterocycles. The molecule has 0 saturated carbocycles. The fourth-order valence-corrected chi connectivity index (χ4v) is 1.11. The Labute approximate surface area is 82.7 Å². The second-order valence-corrected chi connectivity index (χ2v) is 3.13. The van der Waals surface area contributed by atoms with Crippen molar-refractivity contribution < 1.29 is 13.9 Å². The quantitative estimate of drug-likeness (QED) is 0.737. The first kappa shape index (κ1) is 10.7. The molecule has 14 heavy (non-hydrogen) atoms. The highest BCUT2D eigenvalue weighted by Crippen LogP contribution is 2.13. The first-order chi connectivity index (χ1) is 6.63. The molecule has 0 aromatic heterocycles. The van der Waals surface area contributed by atoms with Crippen LogP contribution in [0.5, 0.6) is 5.75 Å². The highest BCUT2D eigenvalue weighted by Gasteiger charge is 2.12. The minimum absolute atomic E-state index is 0.138. The fraction of sp³-hybridized carbons (Fsp3) is 0.364. The lowest BCUT2D eigenvalue weighted by atomic mass is 10.1. The van der Waals surface area contributed by atoms with Crippen molar-refractivity contribution in [2.45, 2.75) is 19.5 Å². The van der Waals surface area contributed by atoms with Crippen molar-refractivity contribution in [2.24, 2.45) is 0 Å². The third-order valence-corrected chi connectivity index (χ3v) is 2.02. The maximum Gasteiger partial charge on any atom is 0.164 e. The molecule has 0 spiro atoms. The number of carbonyl (C=O) groups is 1. The van der Waals surface area contributed by atoms with Gasteiger partial charge < -0.3 is 4.74 Å². The molecule has 0 fully saturated rings. The Morgan fingerprint density at radius 1 is 1.43 bits per heavy atom. The first-order valence-corrected chi connectivity index (χ1v) is 4.41. The Kier molecular flexibility index (Phi) is 3.63. The van der Waals surface area contributed by atoms with Crippen LogP contribution < -0.4 is 4.74 Å². The van der Waals surface area contributed by atoms with Gasteiger partial charge in [0.1, 0.15) is 5.75 Å². The van der Waals surface area contributed by atoms with E-state index in [1.807, 2.05) is 0 Å². The zero-order valence-corrected chi connectivity index (χ0v) is 8.29. The van der Waals surface area contributed by atoms with E-state index in [4.69, 9.17) is 4.74 Å². The predicted octanol–water partition coefficient (Wildman–Crippen LogP) is 2.16. The summed E-state index contributed by atoms with van der Waals surface area (Å²) in [6.07, 6.45) is -1.26. The van der Waals surface area contributed by atoms with Crippen molar-refractivity contribution in [2.75, 3.05) is 7.11 Å². The van der Waals surface area contributed by atoms with Gasteiger partial charge in [-0.2, -0.15) is 0 Å². The lowest BCUT2D eigenvalue weighted by Gasteiger charge is -2.05. The average molecular weight is 196 g/mol. The van der Waals surface area contributed by atoms with Gasteiger partial charge >= 0.3 is 0 Å². The van der Waals surface area contributed by atoms with E-state index in [1.54, 1.807) is 31.4 Å². The smallest absolute Gasteiger partial charge is 0.164 e. The number of ether oxygens (including phenoxy) is 1. The number of methoxy groups -OCH3 is 1. The van der Waals surface area contributed by atoms with Crippen LogP contribution in [-0.2, 0) is 11.2 Å². The largest absolute Gasteiger partial charge is 0.497 e. The van der Waals surface area contributed by atoms with Gasteiger partial charge in [-0.05, 0) is 24.6 Å². The molecular weight excluding hydrogens is 183 g/mol. The molecule has 1 unspecified atom stereocenters. The zero-order chi connectivity index (χ0) is 10.6. The maximum atomic E-state index is 13.0. The Balaban J connectivity index is 2.64. The summed E-state index contributed by atoms with van der Waals surface area (Å²) in [6, 6.07) is 7.02. The van der Waals surface area contributed by atoms with Crippen molar-refractivity contribution in [1.82, 2.24) is 0 Å². The predicted molar refractivity (Wildman–Crippen MR) is 52.3 cm³/mol. The van der Waals surface area contributed by atoms with E-state index in [-0.39, 0.29) is 6.42 Å². The molecular formula is C11H13FO2. The van der Waals surface area contributed by atoms with Crippen LogP contribution in [0.4, 0.5) is 4.39 Å². The summed E-state index contributed by atoms with van der Waals surface area (Å²) in [5.74, 6) is 0.299. The lowest BCUT2D eigenvalue weighted by Crippen LogP contribution is -2.14. The first-order valence-electron chi connectivity index (χ1n) is 4.41. The number of alkyl halides is 1. The van der Waals surface area contributed by atoms with E-state index < -0.39 is 12.0 Å². The lowest BCUT2D eigenvalue weighted by molar-refractivity contribution is -0.121. The molecule has 0 heterocycles. The molecule has 0 N–H and O–H groups in total. The molecule has 0 bridgehead atoms. The van der Waals surface area contributed by atoms with Gasteiger partial charge in [-0.15, -0.1) is 0 Å². The summed E-state index contributed by atoms with van der Waals surface area (Å²) in [5.41, 5.74) is 0.800. The van der Waals surface area contributed by atoms with Crippen LogP contribution in [-0.4, -0.2) is 19.1 Å². The second-order valence-electron chi connectivity index (χ2n) is 3.13. The Morgan fingerprint density at radius 2 is 2.00 bits per heavy atom. The molecule has 0 aliphatic rings. The van der Waals surface area contributed by atoms with Crippen molar-refractivity contribution in [3.8, 4) is 5.75 Å². The SMILES string of the molecule is COc1ccc(CC(F)C(C)=O)cc1. The number of Topliss-reactive ketones (excluding diaryl/α,β-unsaturated/α-hetero) is 1. The van der Waals surface area contributed by atoms with Crippen LogP contribution in [0.15, 0.2) is 24.3 Å². The summed E-state index contributed by atoms with van der Waals surface area (Å²) in [5, 5.41) is 0. The second kappa shape index (κ2) is 4.74. The number of halogens is 1. The van der Waals surface area contributed by atoms with Crippen LogP contribution >= 0.6 is 0 Å². The van der Waals surface area contributed by atoms with Gasteiger partial charge in [0.05, 0.1) is 7.11 Å². The fourth-order valence-electron chi connectivity index (χ4n) is 1.11. The molecule has 1 aromatic rings. The third kappa shape index (κ3) is 2.83.